The molecule has 21 heavy (non-hydrogen) atoms. The lowest BCUT2D eigenvalue weighted by Gasteiger charge is -2.20. The zero-order valence-corrected chi connectivity index (χ0v) is 13.0. The Labute approximate surface area is 127 Å². The molecule has 1 fully saturated rings. The van der Waals surface area contributed by atoms with E-state index in [1.54, 1.807) is 0 Å². The molecule has 1 saturated carbocycles. The van der Waals surface area contributed by atoms with Crippen molar-refractivity contribution in [3.05, 3.63) is 30.1 Å². The number of rotatable bonds is 4. The average Bonchev–Trinajstić information content (AvgIpc) is 2.70. The van der Waals surface area contributed by atoms with Gasteiger partial charge < -0.3 is 9.67 Å². The van der Waals surface area contributed by atoms with E-state index in [9.17, 15) is 5.11 Å². The van der Waals surface area contributed by atoms with Gasteiger partial charge >= 0.3 is 0 Å². The molecule has 0 radical (unpaired) electrons. The van der Waals surface area contributed by atoms with Gasteiger partial charge in [0.05, 0.1) is 17.1 Å². The van der Waals surface area contributed by atoms with Crippen LogP contribution in [0.15, 0.2) is 24.3 Å². The van der Waals surface area contributed by atoms with Gasteiger partial charge in [-0.15, -0.1) is 0 Å². The smallest absolute Gasteiger partial charge is 0.110 e. The SMILES string of the molecule is CCCn1c(CC2CCCCCC2O)nc2ccccc21. The van der Waals surface area contributed by atoms with Crippen molar-refractivity contribution in [1.29, 1.82) is 0 Å². The number of aromatic nitrogens is 2. The molecule has 1 aromatic carbocycles. The summed E-state index contributed by atoms with van der Waals surface area (Å²) in [5, 5.41) is 10.4. The quantitative estimate of drug-likeness (QED) is 0.865. The van der Waals surface area contributed by atoms with Crippen LogP contribution in [0.25, 0.3) is 11.0 Å². The van der Waals surface area contributed by atoms with Crippen LogP contribution in [-0.4, -0.2) is 20.8 Å². The van der Waals surface area contributed by atoms with E-state index >= 15 is 0 Å². The maximum absolute atomic E-state index is 10.4. The van der Waals surface area contributed by atoms with E-state index in [1.807, 2.05) is 0 Å². The monoisotopic (exact) mass is 286 g/mol. The molecule has 114 valence electrons. The van der Waals surface area contributed by atoms with E-state index in [4.69, 9.17) is 4.98 Å². The minimum atomic E-state index is -0.151. The normalized spacial score (nSPS) is 23.3. The number of aliphatic hydroxyl groups excluding tert-OH is 1. The lowest BCUT2D eigenvalue weighted by atomic mass is 9.93. The van der Waals surface area contributed by atoms with E-state index < -0.39 is 0 Å². The average molecular weight is 286 g/mol. The second kappa shape index (κ2) is 6.61. The topological polar surface area (TPSA) is 38.0 Å². The van der Waals surface area contributed by atoms with Crippen molar-refractivity contribution >= 4 is 11.0 Å². The van der Waals surface area contributed by atoms with Crippen LogP contribution in [0.2, 0.25) is 0 Å². The summed E-state index contributed by atoms with van der Waals surface area (Å²) in [5.74, 6) is 1.53. The number of aliphatic hydroxyl groups is 1. The van der Waals surface area contributed by atoms with E-state index in [0.29, 0.717) is 5.92 Å². The van der Waals surface area contributed by atoms with E-state index in [2.05, 4.69) is 35.8 Å². The van der Waals surface area contributed by atoms with Gasteiger partial charge in [0.2, 0.25) is 0 Å². The molecule has 1 aliphatic rings. The fraction of sp³-hybridized carbons (Fsp3) is 0.611. The Hall–Kier alpha value is -1.35. The van der Waals surface area contributed by atoms with Crippen molar-refractivity contribution < 1.29 is 5.11 Å². The first kappa shape index (κ1) is 14.6. The van der Waals surface area contributed by atoms with Crippen LogP contribution in [-0.2, 0) is 13.0 Å². The first-order chi connectivity index (χ1) is 10.3. The summed E-state index contributed by atoms with van der Waals surface area (Å²) >= 11 is 0. The van der Waals surface area contributed by atoms with Gasteiger partial charge in [0.1, 0.15) is 5.82 Å². The molecular formula is C18H26N2O. The van der Waals surface area contributed by atoms with Crippen LogP contribution < -0.4 is 0 Å². The van der Waals surface area contributed by atoms with Crippen LogP contribution in [0, 0.1) is 5.92 Å². The molecule has 0 aliphatic heterocycles. The molecule has 0 bridgehead atoms. The molecule has 3 heteroatoms. The minimum absolute atomic E-state index is 0.151. The van der Waals surface area contributed by atoms with E-state index in [-0.39, 0.29) is 6.10 Å². The van der Waals surface area contributed by atoms with Gasteiger partial charge in [-0.3, -0.25) is 0 Å². The fourth-order valence-electron chi connectivity index (χ4n) is 3.59. The standard InChI is InChI=1S/C18H26N2O/c1-2-12-20-16-10-7-6-9-15(16)19-18(20)13-14-8-4-3-5-11-17(14)21/h6-7,9-10,14,17,21H,2-5,8,11-13H2,1H3. The number of hydrogen-bond donors (Lipinski definition) is 1. The molecule has 3 rings (SSSR count). The first-order valence-corrected chi connectivity index (χ1v) is 8.41. The predicted octanol–water partition coefficient (Wildman–Crippen LogP) is 3.93. The number of imidazole rings is 1. The Balaban J connectivity index is 1.89. The molecule has 2 atom stereocenters. The Morgan fingerprint density at radius 2 is 2.00 bits per heavy atom. The zero-order valence-electron chi connectivity index (χ0n) is 13.0. The molecule has 2 aromatic rings. The number of benzene rings is 1. The summed E-state index contributed by atoms with van der Waals surface area (Å²) < 4.78 is 2.35. The van der Waals surface area contributed by atoms with Crippen molar-refractivity contribution in [2.24, 2.45) is 5.92 Å². The van der Waals surface area contributed by atoms with Crippen molar-refractivity contribution in [3.8, 4) is 0 Å². The molecule has 1 aromatic heterocycles. The van der Waals surface area contributed by atoms with Gasteiger partial charge in [0.25, 0.3) is 0 Å². The summed E-state index contributed by atoms with van der Waals surface area (Å²) in [6, 6.07) is 8.38. The van der Waals surface area contributed by atoms with Crippen LogP contribution in [0.4, 0.5) is 0 Å². The minimum Gasteiger partial charge on any atom is -0.393 e. The van der Waals surface area contributed by atoms with Gasteiger partial charge in [0.15, 0.2) is 0 Å². The number of hydrogen-bond acceptors (Lipinski definition) is 2. The second-order valence-corrected chi connectivity index (χ2v) is 6.34. The summed E-state index contributed by atoms with van der Waals surface area (Å²) in [7, 11) is 0. The highest BCUT2D eigenvalue weighted by Crippen LogP contribution is 2.28. The second-order valence-electron chi connectivity index (χ2n) is 6.34. The lowest BCUT2D eigenvalue weighted by molar-refractivity contribution is 0.0991. The highest BCUT2D eigenvalue weighted by molar-refractivity contribution is 5.75. The third-order valence-electron chi connectivity index (χ3n) is 4.74. The van der Waals surface area contributed by atoms with Gasteiger partial charge in [0, 0.05) is 13.0 Å². The van der Waals surface area contributed by atoms with E-state index in [0.717, 1.165) is 43.6 Å². The Morgan fingerprint density at radius 3 is 2.86 bits per heavy atom. The molecule has 1 aliphatic carbocycles. The molecule has 1 heterocycles. The molecule has 0 amide bonds. The fourth-order valence-corrected chi connectivity index (χ4v) is 3.59. The van der Waals surface area contributed by atoms with Crippen LogP contribution in [0.1, 0.15) is 51.3 Å². The number of aryl methyl sites for hydroxylation is 1. The third-order valence-corrected chi connectivity index (χ3v) is 4.74. The predicted molar refractivity (Wildman–Crippen MR) is 86.3 cm³/mol. The molecular weight excluding hydrogens is 260 g/mol. The maximum atomic E-state index is 10.4. The highest BCUT2D eigenvalue weighted by Gasteiger charge is 2.24. The molecule has 3 nitrogen and oxygen atoms in total. The Kier molecular flexibility index (Phi) is 4.59. The van der Waals surface area contributed by atoms with Gasteiger partial charge in [-0.2, -0.15) is 0 Å². The summed E-state index contributed by atoms with van der Waals surface area (Å²) in [4.78, 5) is 4.84. The maximum Gasteiger partial charge on any atom is 0.110 e. The number of para-hydroxylation sites is 2. The lowest BCUT2D eigenvalue weighted by Crippen LogP contribution is -2.22. The van der Waals surface area contributed by atoms with Crippen molar-refractivity contribution in [1.82, 2.24) is 9.55 Å². The van der Waals surface area contributed by atoms with Crippen molar-refractivity contribution in [3.63, 3.8) is 0 Å². The largest absolute Gasteiger partial charge is 0.393 e. The summed E-state index contributed by atoms with van der Waals surface area (Å²) in [6.45, 7) is 3.22. The summed E-state index contributed by atoms with van der Waals surface area (Å²) in [5.41, 5.74) is 2.32. The third kappa shape index (κ3) is 3.13. The van der Waals surface area contributed by atoms with Gasteiger partial charge in [-0.25, -0.2) is 4.98 Å². The highest BCUT2D eigenvalue weighted by atomic mass is 16.3. The molecule has 1 N–H and O–H groups in total. The van der Waals surface area contributed by atoms with Crippen molar-refractivity contribution in [2.45, 2.75) is 64.5 Å². The Morgan fingerprint density at radius 1 is 1.19 bits per heavy atom. The van der Waals surface area contributed by atoms with Crippen LogP contribution >= 0.6 is 0 Å². The van der Waals surface area contributed by atoms with Crippen LogP contribution in [0.5, 0.6) is 0 Å². The van der Waals surface area contributed by atoms with Crippen molar-refractivity contribution in [2.75, 3.05) is 0 Å². The summed E-state index contributed by atoms with van der Waals surface area (Å²) in [6.07, 6.45) is 7.64. The zero-order chi connectivity index (χ0) is 14.7. The Bertz CT molecular complexity index is 590. The molecule has 0 saturated heterocycles. The number of nitrogens with zero attached hydrogens (tertiary/aromatic N) is 2. The first-order valence-electron chi connectivity index (χ1n) is 8.41. The molecule has 2 unspecified atom stereocenters. The van der Waals surface area contributed by atoms with Gasteiger partial charge in [-0.1, -0.05) is 38.3 Å². The molecule has 0 spiro atoms. The van der Waals surface area contributed by atoms with Crippen LogP contribution in [0.3, 0.4) is 0 Å². The van der Waals surface area contributed by atoms with Gasteiger partial charge in [-0.05, 0) is 37.3 Å². The number of fused-ring (bicyclic) bond motifs is 1. The van der Waals surface area contributed by atoms with E-state index in [1.165, 1.54) is 24.8 Å².